The second-order valence-corrected chi connectivity index (χ2v) is 7.20. The number of carboxylic acids is 1. The van der Waals surface area contributed by atoms with Crippen LogP contribution >= 0.6 is 0 Å². The van der Waals surface area contributed by atoms with Crippen molar-refractivity contribution in [3.63, 3.8) is 0 Å². The molecule has 1 saturated carbocycles. The van der Waals surface area contributed by atoms with Crippen molar-refractivity contribution in [3.05, 3.63) is 30.1 Å². The molecule has 2 fully saturated rings. The van der Waals surface area contributed by atoms with Crippen LogP contribution in [0.1, 0.15) is 44.3 Å². The zero-order valence-corrected chi connectivity index (χ0v) is 14.1. The molecule has 25 heavy (non-hydrogen) atoms. The smallest absolute Gasteiger partial charge is 0.326 e. The summed E-state index contributed by atoms with van der Waals surface area (Å²) in [7, 11) is 0. The first kappa shape index (κ1) is 16.1. The Morgan fingerprint density at radius 2 is 2.04 bits per heavy atom. The van der Waals surface area contributed by atoms with E-state index < -0.39 is 12.0 Å². The van der Waals surface area contributed by atoms with Crippen molar-refractivity contribution in [3.8, 4) is 0 Å². The van der Waals surface area contributed by atoms with E-state index >= 15 is 0 Å². The number of H-pyrrole nitrogens is 1. The van der Waals surface area contributed by atoms with E-state index in [0.29, 0.717) is 25.2 Å². The monoisotopic (exact) mass is 341 g/mol. The molecule has 4 rings (SSSR count). The van der Waals surface area contributed by atoms with Crippen molar-refractivity contribution in [2.75, 3.05) is 0 Å². The van der Waals surface area contributed by atoms with Crippen LogP contribution in [0.25, 0.3) is 11.0 Å². The van der Waals surface area contributed by atoms with Gasteiger partial charge in [-0.25, -0.2) is 9.78 Å². The molecule has 1 aromatic heterocycles. The van der Waals surface area contributed by atoms with Gasteiger partial charge >= 0.3 is 5.97 Å². The Balaban J connectivity index is 1.47. The minimum Gasteiger partial charge on any atom is -0.480 e. The first-order valence-electron chi connectivity index (χ1n) is 9.11. The third-order valence-corrected chi connectivity index (χ3v) is 5.68. The summed E-state index contributed by atoms with van der Waals surface area (Å²) in [6, 6.07) is 7.23. The number of rotatable bonds is 4. The van der Waals surface area contributed by atoms with Crippen LogP contribution in [0.4, 0.5) is 0 Å². The predicted octanol–water partition coefficient (Wildman–Crippen LogP) is 2.74. The van der Waals surface area contributed by atoms with Crippen molar-refractivity contribution in [2.45, 2.75) is 57.0 Å². The maximum Gasteiger partial charge on any atom is 0.326 e. The van der Waals surface area contributed by atoms with Crippen LogP contribution < -0.4 is 0 Å². The SMILES string of the molecule is O=C(O)[C@@H]1C[C@@H]2CCCC[C@@H]2N1C(=O)CCc1nc2ccccc2[nH]1. The molecule has 1 aliphatic carbocycles. The standard InChI is InChI=1S/C19H23N3O3/c23-18(10-9-17-20-13-6-2-3-7-14(13)21-17)22-15-8-4-1-5-12(15)11-16(22)19(24)25/h2-3,6-7,12,15-16H,1,4-5,8-11H2,(H,20,21)(H,24,25)/t12-,15-,16-/m0/s1. The van der Waals surface area contributed by atoms with E-state index in [1.807, 2.05) is 24.3 Å². The third-order valence-electron chi connectivity index (χ3n) is 5.68. The Kier molecular flexibility index (Phi) is 4.19. The lowest BCUT2D eigenvalue weighted by molar-refractivity contribution is -0.149. The highest BCUT2D eigenvalue weighted by molar-refractivity contribution is 5.85. The number of aliphatic carboxylic acids is 1. The number of hydrogen-bond acceptors (Lipinski definition) is 3. The zero-order valence-electron chi connectivity index (χ0n) is 14.1. The largest absolute Gasteiger partial charge is 0.480 e. The molecule has 0 unspecified atom stereocenters. The van der Waals surface area contributed by atoms with Crippen LogP contribution in [0.15, 0.2) is 24.3 Å². The molecule has 6 nitrogen and oxygen atoms in total. The number of benzene rings is 1. The fourth-order valence-electron chi connectivity index (χ4n) is 4.52. The molecule has 1 saturated heterocycles. The average Bonchev–Trinajstić information content (AvgIpc) is 3.20. The van der Waals surface area contributed by atoms with E-state index in [1.165, 1.54) is 0 Å². The van der Waals surface area contributed by atoms with Gasteiger partial charge in [0.1, 0.15) is 11.9 Å². The number of aromatic amines is 1. The minimum absolute atomic E-state index is 0.0535. The lowest BCUT2D eigenvalue weighted by Crippen LogP contribution is -2.46. The summed E-state index contributed by atoms with van der Waals surface area (Å²) in [6.07, 6.45) is 5.62. The Hall–Kier alpha value is -2.37. The number of likely N-dealkylation sites (tertiary alicyclic amines) is 1. The van der Waals surface area contributed by atoms with Gasteiger partial charge in [-0.1, -0.05) is 25.0 Å². The second kappa shape index (κ2) is 6.50. The van der Waals surface area contributed by atoms with Gasteiger partial charge in [0.2, 0.25) is 5.91 Å². The van der Waals surface area contributed by atoms with Crippen LogP contribution in [0, 0.1) is 5.92 Å². The van der Waals surface area contributed by atoms with Gasteiger partial charge in [-0.15, -0.1) is 0 Å². The van der Waals surface area contributed by atoms with Gasteiger partial charge in [-0.05, 0) is 37.3 Å². The van der Waals surface area contributed by atoms with E-state index in [2.05, 4.69) is 9.97 Å². The molecule has 0 bridgehead atoms. The summed E-state index contributed by atoms with van der Waals surface area (Å²) >= 11 is 0. The Bertz CT molecular complexity index is 767. The number of amides is 1. The quantitative estimate of drug-likeness (QED) is 0.895. The van der Waals surface area contributed by atoms with Crippen LogP contribution in [-0.4, -0.2) is 43.9 Å². The molecular formula is C19H23N3O3. The normalized spacial score (nSPS) is 25.9. The number of aromatic nitrogens is 2. The molecule has 3 atom stereocenters. The van der Waals surface area contributed by atoms with Gasteiger partial charge in [-0.2, -0.15) is 0 Å². The van der Waals surface area contributed by atoms with Gasteiger partial charge in [0.25, 0.3) is 0 Å². The molecule has 0 spiro atoms. The Morgan fingerprint density at radius 3 is 2.84 bits per heavy atom. The molecule has 132 valence electrons. The molecule has 0 radical (unpaired) electrons. The van der Waals surface area contributed by atoms with E-state index in [0.717, 1.165) is 42.5 Å². The molecule has 1 amide bonds. The molecule has 2 N–H and O–H groups in total. The van der Waals surface area contributed by atoms with Gasteiger partial charge in [-0.3, -0.25) is 4.79 Å². The van der Waals surface area contributed by atoms with Gasteiger partial charge in [0.15, 0.2) is 0 Å². The summed E-state index contributed by atoms with van der Waals surface area (Å²) in [5.41, 5.74) is 1.85. The number of fused-ring (bicyclic) bond motifs is 2. The summed E-state index contributed by atoms with van der Waals surface area (Å²) in [5, 5.41) is 9.55. The second-order valence-electron chi connectivity index (χ2n) is 7.20. The number of para-hydroxylation sites is 2. The number of carboxylic acid groups (broad SMARTS) is 1. The summed E-state index contributed by atoms with van der Waals surface area (Å²) in [4.78, 5) is 33.9. The average molecular weight is 341 g/mol. The summed E-state index contributed by atoms with van der Waals surface area (Å²) < 4.78 is 0. The lowest BCUT2D eigenvalue weighted by atomic mass is 9.84. The van der Waals surface area contributed by atoms with E-state index in [4.69, 9.17) is 0 Å². The number of carbonyl (C=O) groups excluding carboxylic acids is 1. The van der Waals surface area contributed by atoms with E-state index in [-0.39, 0.29) is 11.9 Å². The number of carbonyl (C=O) groups is 2. The maximum absolute atomic E-state index is 12.8. The number of nitrogens with one attached hydrogen (secondary N) is 1. The summed E-state index contributed by atoms with van der Waals surface area (Å²) in [5.74, 6) is 0.208. The zero-order chi connectivity index (χ0) is 17.4. The Morgan fingerprint density at radius 1 is 1.24 bits per heavy atom. The molecular weight excluding hydrogens is 318 g/mol. The van der Waals surface area contributed by atoms with Crippen molar-refractivity contribution in [2.24, 2.45) is 5.92 Å². The molecule has 6 heteroatoms. The van der Waals surface area contributed by atoms with E-state index in [9.17, 15) is 14.7 Å². The van der Waals surface area contributed by atoms with Crippen LogP contribution in [0.5, 0.6) is 0 Å². The topological polar surface area (TPSA) is 86.3 Å². The van der Waals surface area contributed by atoms with Crippen molar-refractivity contribution in [1.29, 1.82) is 0 Å². The van der Waals surface area contributed by atoms with Gasteiger partial charge in [0, 0.05) is 18.9 Å². The number of imidazole rings is 1. The van der Waals surface area contributed by atoms with Crippen LogP contribution in [-0.2, 0) is 16.0 Å². The third kappa shape index (κ3) is 3.01. The molecule has 1 aromatic carbocycles. The molecule has 1 aliphatic heterocycles. The highest BCUT2D eigenvalue weighted by Crippen LogP contribution is 2.40. The Labute approximate surface area is 146 Å². The molecule has 2 aliphatic rings. The molecule has 2 heterocycles. The number of aryl methyl sites for hydroxylation is 1. The van der Waals surface area contributed by atoms with Crippen LogP contribution in [0.3, 0.4) is 0 Å². The minimum atomic E-state index is -0.869. The van der Waals surface area contributed by atoms with Crippen molar-refractivity contribution >= 4 is 22.9 Å². The summed E-state index contributed by atoms with van der Waals surface area (Å²) in [6.45, 7) is 0. The number of nitrogens with zero attached hydrogens (tertiary/aromatic N) is 2. The first-order chi connectivity index (χ1) is 12.1. The van der Waals surface area contributed by atoms with Gasteiger partial charge < -0.3 is 15.0 Å². The fourth-order valence-corrected chi connectivity index (χ4v) is 4.52. The highest BCUT2D eigenvalue weighted by Gasteiger charge is 2.47. The maximum atomic E-state index is 12.8. The fraction of sp³-hybridized carbons (Fsp3) is 0.526. The molecule has 2 aromatic rings. The van der Waals surface area contributed by atoms with Crippen molar-refractivity contribution < 1.29 is 14.7 Å². The van der Waals surface area contributed by atoms with Crippen LogP contribution in [0.2, 0.25) is 0 Å². The van der Waals surface area contributed by atoms with Gasteiger partial charge in [0.05, 0.1) is 11.0 Å². The highest BCUT2D eigenvalue weighted by atomic mass is 16.4. The van der Waals surface area contributed by atoms with E-state index in [1.54, 1.807) is 4.90 Å². The lowest BCUT2D eigenvalue weighted by Gasteiger charge is -2.33. The van der Waals surface area contributed by atoms with Crippen molar-refractivity contribution in [1.82, 2.24) is 14.9 Å². The number of hydrogen-bond donors (Lipinski definition) is 2. The first-order valence-corrected chi connectivity index (χ1v) is 9.11. The predicted molar refractivity (Wildman–Crippen MR) is 93.0 cm³/mol.